The summed E-state index contributed by atoms with van der Waals surface area (Å²) in [6.07, 6.45) is -3.91. The predicted molar refractivity (Wildman–Crippen MR) is 84.2 cm³/mol. The van der Waals surface area contributed by atoms with Crippen molar-refractivity contribution >= 4 is 17.3 Å². The van der Waals surface area contributed by atoms with Crippen molar-refractivity contribution in [1.29, 1.82) is 0 Å². The molecule has 3 rings (SSSR count). The minimum absolute atomic E-state index is 0.0726. The van der Waals surface area contributed by atoms with Gasteiger partial charge in [0, 0.05) is 23.4 Å². The van der Waals surface area contributed by atoms with Gasteiger partial charge in [0.1, 0.15) is 0 Å². The second kappa shape index (κ2) is 6.04. The van der Waals surface area contributed by atoms with Gasteiger partial charge in [-0.05, 0) is 30.9 Å². The fourth-order valence-electron chi connectivity index (χ4n) is 3.55. The molecule has 0 aromatic heterocycles. The van der Waals surface area contributed by atoms with Crippen LogP contribution in [0.4, 0.5) is 18.9 Å². The molecule has 1 fully saturated rings. The lowest BCUT2D eigenvalue weighted by Crippen LogP contribution is -2.61. The number of fused-ring (bicyclic) bond motifs is 1. The van der Waals surface area contributed by atoms with E-state index in [0.717, 1.165) is 24.3 Å². The first kappa shape index (κ1) is 18.3. The zero-order valence-electron chi connectivity index (χ0n) is 13.7. The van der Waals surface area contributed by atoms with Crippen LogP contribution >= 0.6 is 0 Å². The van der Waals surface area contributed by atoms with E-state index >= 15 is 0 Å². The molecule has 0 bridgehead atoms. The Morgan fingerprint density at radius 1 is 1.35 bits per heavy atom. The molecule has 0 unspecified atom stereocenters. The third-order valence-corrected chi connectivity index (χ3v) is 4.95. The zero-order chi connectivity index (χ0) is 19.3. The molecule has 0 spiro atoms. The van der Waals surface area contributed by atoms with Crippen molar-refractivity contribution in [3.63, 3.8) is 0 Å². The van der Waals surface area contributed by atoms with Crippen LogP contribution in [0.5, 0.6) is 0 Å². The van der Waals surface area contributed by atoms with E-state index in [0.29, 0.717) is 12.8 Å². The predicted octanol–water partition coefficient (Wildman–Crippen LogP) is 3.09. The van der Waals surface area contributed by atoms with Gasteiger partial charge in [0.15, 0.2) is 0 Å². The van der Waals surface area contributed by atoms with Crippen LogP contribution in [0.2, 0.25) is 0 Å². The molecule has 0 saturated heterocycles. The number of carbonyl (C=O) groups excluding carboxylic acids is 1. The van der Waals surface area contributed by atoms with Gasteiger partial charge < -0.3 is 5.11 Å². The smallest absolute Gasteiger partial charge is 0.362 e. The maximum atomic E-state index is 13.7. The molecular weight excluding hydrogens is 355 g/mol. The number of amides is 1. The topological polar surface area (TPSA) is 96.0 Å². The van der Waals surface area contributed by atoms with Gasteiger partial charge in [0.2, 0.25) is 0 Å². The highest BCUT2D eigenvalue weighted by Gasteiger charge is 2.69. The van der Waals surface area contributed by atoms with E-state index in [4.69, 9.17) is 0 Å². The summed E-state index contributed by atoms with van der Waals surface area (Å²) in [4.78, 5) is 22.6. The molecule has 140 valence electrons. The molecule has 1 aliphatic heterocycles. The van der Waals surface area contributed by atoms with Crippen molar-refractivity contribution in [2.45, 2.75) is 38.1 Å². The van der Waals surface area contributed by atoms with Gasteiger partial charge >= 0.3 is 6.18 Å². The van der Waals surface area contributed by atoms with Gasteiger partial charge in [-0.15, -0.1) is 0 Å². The lowest BCUT2D eigenvalue weighted by Gasteiger charge is -2.39. The number of hydrazone groups is 1. The second-order valence-electron chi connectivity index (χ2n) is 6.55. The highest BCUT2D eigenvalue weighted by molar-refractivity contribution is 6.00. The molecule has 7 nitrogen and oxygen atoms in total. The number of non-ortho nitro benzene ring substituents is 1. The second-order valence-corrected chi connectivity index (χ2v) is 6.55. The summed E-state index contributed by atoms with van der Waals surface area (Å²) in [5, 5.41) is 25.1. The number of nitro groups is 1. The van der Waals surface area contributed by atoms with Gasteiger partial charge in [-0.25, -0.2) is 0 Å². The summed E-state index contributed by atoms with van der Waals surface area (Å²) in [5.74, 6) is -2.75. The van der Waals surface area contributed by atoms with E-state index in [-0.39, 0.29) is 34.3 Å². The van der Waals surface area contributed by atoms with Crippen LogP contribution in [-0.4, -0.2) is 38.6 Å². The van der Waals surface area contributed by atoms with Crippen LogP contribution in [0.3, 0.4) is 0 Å². The fraction of sp³-hybridized carbons (Fsp3) is 0.500. The fourth-order valence-corrected chi connectivity index (χ4v) is 3.55. The third-order valence-electron chi connectivity index (χ3n) is 4.95. The number of carbonyl (C=O) groups is 1. The Morgan fingerprint density at radius 2 is 1.96 bits per heavy atom. The highest BCUT2D eigenvalue weighted by atomic mass is 19.4. The monoisotopic (exact) mass is 371 g/mol. The van der Waals surface area contributed by atoms with Gasteiger partial charge in [-0.1, -0.05) is 13.3 Å². The van der Waals surface area contributed by atoms with Crippen molar-refractivity contribution in [2.75, 3.05) is 0 Å². The normalized spacial score (nSPS) is 28.5. The maximum absolute atomic E-state index is 13.7. The van der Waals surface area contributed by atoms with Gasteiger partial charge in [0.25, 0.3) is 17.3 Å². The molecule has 1 saturated carbocycles. The Hall–Kier alpha value is -2.49. The first-order valence-electron chi connectivity index (χ1n) is 8.04. The molecule has 1 amide bonds. The Morgan fingerprint density at radius 3 is 2.50 bits per heavy atom. The lowest BCUT2D eigenvalue weighted by molar-refractivity contribution is -0.384. The van der Waals surface area contributed by atoms with Crippen LogP contribution in [0, 0.1) is 22.0 Å². The molecule has 0 radical (unpaired) electrons. The van der Waals surface area contributed by atoms with E-state index in [2.05, 4.69) is 5.10 Å². The number of hydrogen-bond donors (Lipinski definition) is 1. The molecular formula is C16H16F3N3O4. The van der Waals surface area contributed by atoms with Crippen LogP contribution < -0.4 is 0 Å². The summed E-state index contributed by atoms with van der Waals surface area (Å²) in [7, 11) is 0. The highest BCUT2D eigenvalue weighted by Crippen LogP contribution is 2.49. The third kappa shape index (κ3) is 2.64. The lowest BCUT2D eigenvalue weighted by atomic mass is 9.75. The van der Waals surface area contributed by atoms with Gasteiger partial charge in [-0.3, -0.25) is 14.9 Å². The maximum Gasteiger partial charge on any atom is 0.439 e. The quantitative estimate of drug-likeness (QED) is 0.638. The van der Waals surface area contributed by atoms with Gasteiger partial charge in [-0.2, -0.15) is 23.3 Å². The Bertz CT molecular complexity index is 778. The van der Waals surface area contributed by atoms with E-state index in [1.165, 1.54) is 0 Å². The molecule has 1 N–H and O–H groups in total. The van der Waals surface area contributed by atoms with Crippen molar-refractivity contribution in [3.05, 3.63) is 39.9 Å². The number of benzene rings is 1. The van der Waals surface area contributed by atoms with Crippen molar-refractivity contribution in [1.82, 2.24) is 5.01 Å². The molecule has 1 aromatic rings. The Kier molecular flexibility index (Phi) is 4.26. The summed E-state index contributed by atoms with van der Waals surface area (Å²) in [6, 6.07) is 4.11. The molecule has 1 heterocycles. The molecule has 26 heavy (non-hydrogen) atoms. The number of rotatable bonds is 2. The number of halogens is 3. The van der Waals surface area contributed by atoms with Crippen LogP contribution in [0.1, 0.15) is 36.5 Å². The zero-order valence-corrected chi connectivity index (χ0v) is 13.7. The molecule has 2 aliphatic rings. The average Bonchev–Trinajstić information content (AvgIpc) is 2.90. The molecule has 1 aromatic carbocycles. The number of nitro benzene ring substituents is 1. The van der Waals surface area contributed by atoms with Crippen molar-refractivity contribution < 1.29 is 28.0 Å². The summed E-state index contributed by atoms with van der Waals surface area (Å²) in [6.45, 7) is 1.71. The SMILES string of the molecule is C[C@@H]1CCC[C@@H]2C1=NN(C(=O)c1ccc([N+](=O)[O-])cc1)[C@@]2(O)C(F)(F)F. The van der Waals surface area contributed by atoms with E-state index in [9.17, 15) is 33.2 Å². The first-order valence-corrected chi connectivity index (χ1v) is 8.04. The Labute approximate surface area is 146 Å². The average molecular weight is 371 g/mol. The summed E-state index contributed by atoms with van der Waals surface area (Å²) >= 11 is 0. The van der Waals surface area contributed by atoms with Crippen molar-refractivity contribution in [2.24, 2.45) is 16.9 Å². The number of aliphatic hydroxyl groups is 1. The largest absolute Gasteiger partial charge is 0.439 e. The van der Waals surface area contributed by atoms with Crippen LogP contribution in [-0.2, 0) is 0 Å². The summed E-state index contributed by atoms with van der Waals surface area (Å²) in [5.41, 5.74) is -3.79. The Balaban J connectivity index is 2.02. The van der Waals surface area contributed by atoms with Crippen LogP contribution in [0.15, 0.2) is 29.4 Å². The molecule has 3 atom stereocenters. The van der Waals surface area contributed by atoms with Gasteiger partial charge in [0.05, 0.1) is 10.8 Å². The molecule has 1 aliphatic carbocycles. The number of nitrogens with zero attached hydrogens (tertiary/aromatic N) is 3. The van der Waals surface area contributed by atoms with E-state index in [1.807, 2.05) is 0 Å². The van der Waals surface area contributed by atoms with Crippen molar-refractivity contribution in [3.8, 4) is 0 Å². The molecule has 10 heteroatoms. The summed E-state index contributed by atoms with van der Waals surface area (Å²) < 4.78 is 41.2. The van der Waals surface area contributed by atoms with Crippen LogP contribution in [0.25, 0.3) is 0 Å². The van der Waals surface area contributed by atoms with E-state index in [1.54, 1.807) is 6.92 Å². The minimum Gasteiger partial charge on any atom is -0.362 e. The van der Waals surface area contributed by atoms with E-state index < -0.39 is 28.6 Å². The first-order chi connectivity index (χ1) is 12.1. The standard InChI is InChI=1S/C16H16F3N3O4/c1-9-3-2-4-12-13(9)20-21(15(12,24)16(17,18)19)14(23)10-5-7-11(8-6-10)22(25)26/h5-9,12,24H,2-4H2,1H3/t9-,12-,15+/m1/s1. The number of alkyl halides is 3. The number of hydrogen-bond acceptors (Lipinski definition) is 5. The minimum atomic E-state index is -5.10.